The van der Waals surface area contributed by atoms with Crippen molar-refractivity contribution in [3.05, 3.63) is 12.2 Å². The minimum atomic E-state index is -0.443. The molecule has 0 saturated heterocycles. The highest BCUT2D eigenvalue weighted by molar-refractivity contribution is 5.68. The number of hydrogen-bond acceptors (Lipinski definition) is 3. The normalized spacial score (nSPS) is 23.8. The molecule has 0 heterocycles. The van der Waals surface area contributed by atoms with Crippen LogP contribution >= 0.6 is 0 Å². The van der Waals surface area contributed by atoms with Crippen LogP contribution in [-0.4, -0.2) is 31.5 Å². The molecule has 1 amide bonds. The van der Waals surface area contributed by atoms with Crippen LogP contribution in [0.25, 0.3) is 0 Å². The van der Waals surface area contributed by atoms with Gasteiger partial charge in [0.2, 0.25) is 0 Å². The summed E-state index contributed by atoms with van der Waals surface area (Å²) in [6.45, 7) is 6.34. The first-order valence-electron chi connectivity index (χ1n) is 6.07. The molecule has 1 rings (SSSR count). The van der Waals surface area contributed by atoms with Crippen LogP contribution in [0.4, 0.5) is 4.79 Å². The zero-order valence-corrected chi connectivity index (χ0v) is 11.2. The summed E-state index contributed by atoms with van der Waals surface area (Å²) in [5, 5.41) is 2.85. The van der Waals surface area contributed by atoms with Crippen molar-refractivity contribution in [2.75, 3.05) is 13.7 Å². The van der Waals surface area contributed by atoms with Gasteiger partial charge < -0.3 is 14.8 Å². The maximum Gasteiger partial charge on any atom is 0.408 e. The molecule has 0 aromatic rings. The third kappa shape index (κ3) is 5.73. The Morgan fingerprint density at radius 3 is 2.71 bits per heavy atom. The molecular weight excluding hydrogens is 218 g/mol. The van der Waals surface area contributed by atoms with E-state index in [1.165, 1.54) is 0 Å². The Labute approximate surface area is 103 Å². The highest BCUT2D eigenvalue weighted by Gasteiger charge is 2.23. The zero-order chi connectivity index (χ0) is 12.9. The van der Waals surface area contributed by atoms with Gasteiger partial charge in [-0.1, -0.05) is 12.2 Å². The lowest BCUT2D eigenvalue weighted by atomic mass is 10.0. The topological polar surface area (TPSA) is 47.6 Å². The average molecular weight is 241 g/mol. The lowest BCUT2D eigenvalue weighted by molar-refractivity contribution is 0.0512. The number of hydrogen-bond donors (Lipinski definition) is 1. The fraction of sp³-hybridized carbons (Fsp3) is 0.769. The van der Waals surface area contributed by atoms with Gasteiger partial charge in [0, 0.05) is 13.7 Å². The van der Waals surface area contributed by atoms with Gasteiger partial charge in [0.1, 0.15) is 5.60 Å². The smallest absolute Gasteiger partial charge is 0.408 e. The van der Waals surface area contributed by atoms with Crippen LogP contribution in [0.15, 0.2) is 12.2 Å². The van der Waals surface area contributed by atoms with Crippen LogP contribution < -0.4 is 5.32 Å². The number of rotatable bonds is 4. The number of methoxy groups -OCH3 is 1. The van der Waals surface area contributed by atoms with E-state index >= 15 is 0 Å². The molecule has 2 atom stereocenters. The summed E-state index contributed by atoms with van der Waals surface area (Å²) in [6, 6.07) is 0.0895. The molecule has 17 heavy (non-hydrogen) atoms. The van der Waals surface area contributed by atoms with Gasteiger partial charge in [0.15, 0.2) is 0 Å². The molecule has 98 valence electrons. The molecule has 1 aliphatic carbocycles. The maximum atomic E-state index is 11.5. The molecule has 0 bridgehead atoms. The Balaban J connectivity index is 2.26. The van der Waals surface area contributed by atoms with E-state index in [0.717, 1.165) is 19.4 Å². The molecule has 0 aliphatic heterocycles. The fourth-order valence-electron chi connectivity index (χ4n) is 1.82. The van der Waals surface area contributed by atoms with Crippen molar-refractivity contribution >= 4 is 6.09 Å². The molecular formula is C13H23NO3. The van der Waals surface area contributed by atoms with Gasteiger partial charge in [-0.2, -0.15) is 0 Å². The van der Waals surface area contributed by atoms with Crippen molar-refractivity contribution in [1.82, 2.24) is 5.32 Å². The minimum absolute atomic E-state index is 0.0895. The van der Waals surface area contributed by atoms with Crippen molar-refractivity contribution < 1.29 is 14.3 Å². The predicted molar refractivity (Wildman–Crippen MR) is 66.9 cm³/mol. The first kappa shape index (κ1) is 14.0. The Bertz CT molecular complexity index is 281. The molecule has 0 fully saturated rings. The minimum Gasteiger partial charge on any atom is -0.444 e. The van der Waals surface area contributed by atoms with E-state index < -0.39 is 5.60 Å². The maximum absolute atomic E-state index is 11.5. The second kappa shape index (κ2) is 6.05. The van der Waals surface area contributed by atoms with E-state index in [9.17, 15) is 4.79 Å². The highest BCUT2D eigenvalue weighted by Crippen LogP contribution is 2.21. The van der Waals surface area contributed by atoms with Crippen LogP contribution in [-0.2, 0) is 9.47 Å². The van der Waals surface area contributed by atoms with Gasteiger partial charge >= 0.3 is 6.09 Å². The lowest BCUT2D eigenvalue weighted by Gasteiger charge is -2.21. The number of allylic oxidation sites excluding steroid dienone is 1. The average Bonchev–Trinajstić information content (AvgIpc) is 2.59. The first-order chi connectivity index (χ1) is 7.90. The Kier molecular flexibility index (Phi) is 5.00. The van der Waals surface area contributed by atoms with E-state index in [0.29, 0.717) is 5.92 Å². The van der Waals surface area contributed by atoms with Gasteiger partial charge in [-0.05, 0) is 39.5 Å². The number of nitrogens with one attached hydrogen (secondary N) is 1. The van der Waals surface area contributed by atoms with Gasteiger partial charge in [0.05, 0.1) is 6.04 Å². The van der Waals surface area contributed by atoms with E-state index in [-0.39, 0.29) is 12.1 Å². The third-order valence-corrected chi connectivity index (χ3v) is 2.57. The number of carbonyl (C=O) groups excluding carboxylic acids is 1. The van der Waals surface area contributed by atoms with E-state index in [1.54, 1.807) is 7.11 Å². The van der Waals surface area contributed by atoms with Gasteiger partial charge in [-0.15, -0.1) is 0 Å². The van der Waals surface area contributed by atoms with E-state index in [1.807, 2.05) is 26.8 Å². The van der Waals surface area contributed by atoms with Crippen LogP contribution in [0, 0.1) is 5.92 Å². The highest BCUT2D eigenvalue weighted by atomic mass is 16.6. The summed E-state index contributed by atoms with van der Waals surface area (Å²) in [6.07, 6.45) is 5.76. The lowest BCUT2D eigenvalue weighted by Crippen LogP contribution is -2.37. The van der Waals surface area contributed by atoms with Crippen LogP contribution in [0.1, 0.15) is 33.6 Å². The summed E-state index contributed by atoms with van der Waals surface area (Å²) in [5.41, 5.74) is -0.443. The SMILES string of the molecule is COCC[C@H]1C=C[C@@H](NC(=O)OC(C)(C)C)C1. The molecule has 0 aromatic heterocycles. The fourth-order valence-corrected chi connectivity index (χ4v) is 1.82. The monoisotopic (exact) mass is 241 g/mol. The van der Waals surface area contributed by atoms with Gasteiger partial charge in [0.25, 0.3) is 0 Å². The number of amides is 1. The zero-order valence-electron chi connectivity index (χ0n) is 11.2. The summed E-state index contributed by atoms with van der Waals surface area (Å²) >= 11 is 0. The van der Waals surface area contributed by atoms with Crippen molar-refractivity contribution in [2.45, 2.75) is 45.3 Å². The second-order valence-electron chi connectivity index (χ2n) is 5.41. The number of alkyl carbamates (subject to hydrolysis) is 1. The molecule has 4 heteroatoms. The predicted octanol–water partition coefficient (Wildman–Crippen LogP) is 2.49. The molecule has 0 aromatic carbocycles. The van der Waals surface area contributed by atoms with E-state index in [2.05, 4.69) is 11.4 Å². The summed E-state index contributed by atoms with van der Waals surface area (Å²) < 4.78 is 10.2. The molecule has 4 nitrogen and oxygen atoms in total. The van der Waals surface area contributed by atoms with Gasteiger partial charge in [-0.3, -0.25) is 0 Å². The standard InChI is InChI=1S/C13H23NO3/c1-13(2,3)17-12(15)14-11-6-5-10(9-11)7-8-16-4/h5-6,10-11H,7-9H2,1-4H3,(H,14,15)/t10-,11-/m1/s1. The molecule has 0 spiro atoms. The largest absolute Gasteiger partial charge is 0.444 e. The van der Waals surface area contributed by atoms with Crippen molar-refractivity contribution in [2.24, 2.45) is 5.92 Å². The molecule has 0 saturated carbocycles. The van der Waals surface area contributed by atoms with Gasteiger partial charge in [-0.25, -0.2) is 4.79 Å². The summed E-state index contributed by atoms with van der Waals surface area (Å²) in [7, 11) is 1.70. The van der Waals surface area contributed by atoms with Crippen molar-refractivity contribution in [1.29, 1.82) is 0 Å². The van der Waals surface area contributed by atoms with Crippen LogP contribution in [0.3, 0.4) is 0 Å². The quantitative estimate of drug-likeness (QED) is 0.769. The number of carbonyl (C=O) groups is 1. The number of ether oxygens (including phenoxy) is 2. The van der Waals surface area contributed by atoms with Crippen LogP contribution in [0.2, 0.25) is 0 Å². The van der Waals surface area contributed by atoms with Crippen LogP contribution in [0.5, 0.6) is 0 Å². The molecule has 0 radical (unpaired) electrons. The Morgan fingerprint density at radius 2 is 2.12 bits per heavy atom. The van der Waals surface area contributed by atoms with Crippen molar-refractivity contribution in [3.63, 3.8) is 0 Å². The summed E-state index contributed by atoms with van der Waals surface area (Å²) in [5.74, 6) is 0.495. The molecule has 1 N–H and O–H groups in total. The Hall–Kier alpha value is -1.03. The van der Waals surface area contributed by atoms with E-state index in [4.69, 9.17) is 9.47 Å². The second-order valence-corrected chi connectivity index (χ2v) is 5.41. The summed E-state index contributed by atoms with van der Waals surface area (Å²) in [4.78, 5) is 11.5. The third-order valence-electron chi connectivity index (χ3n) is 2.57. The van der Waals surface area contributed by atoms with Crippen molar-refractivity contribution in [3.8, 4) is 0 Å². The molecule has 0 unspecified atom stereocenters. The molecule has 1 aliphatic rings. The first-order valence-corrected chi connectivity index (χ1v) is 6.07. The Morgan fingerprint density at radius 1 is 1.41 bits per heavy atom.